The number of hydrogen-bond donors (Lipinski definition) is 2. The number of nitrogens with two attached hydrogens (primary N) is 1. The van der Waals surface area contributed by atoms with Crippen LogP contribution in [0, 0.1) is 6.92 Å². The molecule has 1 aromatic carbocycles. The van der Waals surface area contributed by atoms with Gasteiger partial charge in [-0.15, -0.1) is 0 Å². The first-order chi connectivity index (χ1) is 14.0. The van der Waals surface area contributed by atoms with Crippen molar-refractivity contribution >= 4 is 23.2 Å². The number of aromatic nitrogens is 4. The van der Waals surface area contributed by atoms with Crippen LogP contribution < -0.4 is 11.1 Å². The summed E-state index contributed by atoms with van der Waals surface area (Å²) in [6, 6.07) is 8.92. The van der Waals surface area contributed by atoms with Gasteiger partial charge in [0.25, 0.3) is 0 Å². The normalized spacial score (nSPS) is 14.7. The minimum atomic E-state index is 0.239. The van der Waals surface area contributed by atoms with Crippen LogP contribution in [0.4, 0.5) is 17.6 Å². The van der Waals surface area contributed by atoms with Crippen LogP contribution in [0.15, 0.2) is 30.5 Å². The van der Waals surface area contributed by atoms with Crippen LogP contribution in [0.25, 0.3) is 5.65 Å². The Kier molecular flexibility index (Phi) is 7.04. The van der Waals surface area contributed by atoms with Crippen LogP contribution in [-0.4, -0.2) is 44.6 Å². The van der Waals surface area contributed by atoms with E-state index in [-0.39, 0.29) is 5.95 Å². The molecule has 1 aliphatic rings. The molecule has 0 atom stereocenters. The van der Waals surface area contributed by atoms with Crippen LogP contribution in [-0.2, 0) is 6.42 Å². The third-order valence-electron chi connectivity index (χ3n) is 5.42. The van der Waals surface area contributed by atoms with E-state index in [0.717, 1.165) is 29.4 Å². The lowest BCUT2D eigenvalue weighted by atomic mass is 9.95. The molecule has 7 nitrogen and oxygen atoms in total. The highest BCUT2D eigenvalue weighted by Gasteiger charge is 2.14. The molecule has 7 heteroatoms. The van der Waals surface area contributed by atoms with Gasteiger partial charge in [0, 0.05) is 17.3 Å². The lowest BCUT2D eigenvalue weighted by Gasteiger charge is -2.27. The van der Waals surface area contributed by atoms with Gasteiger partial charge in [0.2, 0.25) is 11.9 Å². The topological polar surface area (TPSA) is 84.4 Å². The average molecular weight is 396 g/mol. The number of nitrogen functional groups attached to an aromatic ring is 1. The van der Waals surface area contributed by atoms with Gasteiger partial charge in [-0.1, -0.05) is 38.3 Å². The fraction of sp³-hybridized carbons (Fsp3) is 0.500. The number of nitrogens with one attached hydrogen (secondary N) is 1. The van der Waals surface area contributed by atoms with Gasteiger partial charge in [0.05, 0.1) is 6.20 Å². The summed E-state index contributed by atoms with van der Waals surface area (Å²) in [5.74, 6) is 0.806. The van der Waals surface area contributed by atoms with Crippen molar-refractivity contribution in [3.8, 4) is 0 Å². The molecule has 156 valence electrons. The molecular formula is C22H33N7. The molecule has 3 N–H and O–H groups in total. The van der Waals surface area contributed by atoms with Crippen LogP contribution in [0.1, 0.15) is 50.2 Å². The Morgan fingerprint density at radius 1 is 1.17 bits per heavy atom. The van der Waals surface area contributed by atoms with E-state index in [9.17, 15) is 0 Å². The van der Waals surface area contributed by atoms with E-state index in [1.807, 2.05) is 31.2 Å². The van der Waals surface area contributed by atoms with Crippen molar-refractivity contribution in [3.05, 3.63) is 41.6 Å². The molecule has 0 unspecified atom stereocenters. The lowest BCUT2D eigenvalue weighted by molar-refractivity contribution is 0.229. The maximum atomic E-state index is 5.79. The number of anilines is 3. The predicted molar refractivity (Wildman–Crippen MR) is 120 cm³/mol. The molecule has 1 saturated carbocycles. The summed E-state index contributed by atoms with van der Waals surface area (Å²) in [7, 11) is 4.38. The highest BCUT2D eigenvalue weighted by atomic mass is 15.4. The monoisotopic (exact) mass is 395 g/mol. The zero-order valence-electron chi connectivity index (χ0n) is 18.0. The Morgan fingerprint density at radius 2 is 1.93 bits per heavy atom. The molecule has 1 fully saturated rings. The molecule has 0 bridgehead atoms. The van der Waals surface area contributed by atoms with Gasteiger partial charge in [-0.3, -0.25) is 0 Å². The fourth-order valence-corrected chi connectivity index (χ4v) is 3.72. The highest BCUT2D eigenvalue weighted by Crippen LogP contribution is 2.20. The number of nitrogens with zero attached hydrogens (tertiary/aromatic N) is 5. The summed E-state index contributed by atoms with van der Waals surface area (Å²) in [5.41, 5.74) is 9.69. The standard InChI is InChI=1S/C14H16N6.C8H17N/c1-3-10-8-16-20-12(10)18-13(15)19-14(20)17-11-6-4-5-9(2)7-11;1-9(2)8-6-4-3-5-7-8/h4-8H,3H2,1-2H3,(H3,15,17,18,19);8H,3-7H2,1-2H3. The SMILES string of the molecule is CCc1cnn2c(Nc3cccc(C)c3)nc(N)nc12.CN(C)C1CCCCC1. The molecule has 0 spiro atoms. The second kappa shape index (κ2) is 9.69. The minimum Gasteiger partial charge on any atom is -0.368 e. The third-order valence-corrected chi connectivity index (χ3v) is 5.42. The van der Waals surface area contributed by atoms with Crippen molar-refractivity contribution in [1.29, 1.82) is 0 Å². The number of benzene rings is 1. The maximum absolute atomic E-state index is 5.79. The van der Waals surface area contributed by atoms with Gasteiger partial charge < -0.3 is 16.0 Å². The Labute approximate surface area is 173 Å². The van der Waals surface area contributed by atoms with Gasteiger partial charge in [-0.2, -0.15) is 19.6 Å². The van der Waals surface area contributed by atoms with Gasteiger partial charge >= 0.3 is 0 Å². The molecule has 4 rings (SSSR count). The molecular weight excluding hydrogens is 362 g/mol. The quantitative estimate of drug-likeness (QED) is 0.689. The van der Waals surface area contributed by atoms with E-state index < -0.39 is 0 Å². The molecule has 0 aliphatic heterocycles. The van der Waals surface area contributed by atoms with E-state index >= 15 is 0 Å². The highest BCUT2D eigenvalue weighted by molar-refractivity contribution is 5.60. The number of rotatable bonds is 4. The van der Waals surface area contributed by atoms with Crippen molar-refractivity contribution in [1.82, 2.24) is 24.5 Å². The maximum Gasteiger partial charge on any atom is 0.233 e. The van der Waals surface area contributed by atoms with Crippen LogP contribution in [0.2, 0.25) is 0 Å². The van der Waals surface area contributed by atoms with Crippen molar-refractivity contribution in [2.24, 2.45) is 0 Å². The van der Waals surface area contributed by atoms with Crippen molar-refractivity contribution in [2.45, 2.75) is 58.4 Å². The van der Waals surface area contributed by atoms with Gasteiger partial charge in [0.1, 0.15) is 0 Å². The fourth-order valence-electron chi connectivity index (χ4n) is 3.72. The van der Waals surface area contributed by atoms with E-state index in [4.69, 9.17) is 5.73 Å². The molecule has 2 aromatic heterocycles. The lowest BCUT2D eigenvalue weighted by Crippen LogP contribution is -2.29. The van der Waals surface area contributed by atoms with Gasteiger partial charge in [0.15, 0.2) is 5.65 Å². The summed E-state index contributed by atoms with van der Waals surface area (Å²) in [6.45, 7) is 4.10. The predicted octanol–water partition coefficient (Wildman–Crippen LogP) is 4.20. The van der Waals surface area contributed by atoms with Crippen molar-refractivity contribution < 1.29 is 0 Å². The molecule has 0 amide bonds. The largest absolute Gasteiger partial charge is 0.368 e. The summed E-state index contributed by atoms with van der Waals surface area (Å²) >= 11 is 0. The summed E-state index contributed by atoms with van der Waals surface area (Å²) < 4.78 is 1.68. The second-order valence-electron chi connectivity index (χ2n) is 7.91. The van der Waals surface area contributed by atoms with Crippen molar-refractivity contribution in [3.63, 3.8) is 0 Å². The van der Waals surface area contributed by atoms with Crippen molar-refractivity contribution in [2.75, 3.05) is 25.1 Å². The smallest absolute Gasteiger partial charge is 0.233 e. The molecule has 29 heavy (non-hydrogen) atoms. The van der Waals surface area contributed by atoms with Crippen LogP contribution >= 0.6 is 0 Å². The first-order valence-corrected chi connectivity index (χ1v) is 10.5. The molecule has 0 saturated heterocycles. The average Bonchev–Trinajstić information content (AvgIpc) is 3.12. The van der Waals surface area contributed by atoms with Gasteiger partial charge in [-0.25, -0.2) is 0 Å². The summed E-state index contributed by atoms with van der Waals surface area (Å²) in [5, 5.41) is 7.56. The number of fused-ring (bicyclic) bond motifs is 1. The molecule has 0 radical (unpaired) electrons. The Morgan fingerprint density at radius 3 is 2.55 bits per heavy atom. The number of hydrogen-bond acceptors (Lipinski definition) is 6. The van der Waals surface area contributed by atoms with E-state index in [1.54, 1.807) is 10.7 Å². The van der Waals surface area contributed by atoms with E-state index in [2.05, 4.69) is 46.3 Å². The summed E-state index contributed by atoms with van der Waals surface area (Å²) in [6.07, 6.45) is 9.85. The Hall–Kier alpha value is -2.67. The summed E-state index contributed by atoms with van der Waals surface area (Å²) in [4.78, 5) is 10.8. The van der Waals surface area contributed by atoms with Gasteiger partial charge in [-0.05, 0) is 58.0 Å². The first kappa shape index (κ1) is 21.0. The van der Waals surface area contributed by atoms with Crippen LogP contribution in [0.3, 0.4) is 0 Å². The zero-order chi connectivity index (χ0) is 20.8. The minimum absolute atomic E-state index is 0.239. The third kappa shape index (κ3) is 5.44. The first-order valence-electron chi connectivity index (χ1n) is 10.5. The van der Waals surface area contributed by atoms with E-state index in [1.165, 1.54) is 37.7 Å². The Balaban J connectivity index is 0.000000224. The second-order valence-corrected chi connectivity index (χ2v) is 7.91. The number of aryl methyl sites for hydroxylation is 2. The Bertz CT molecular complexity index is 926. The molecule has 1 aliphatic carbocycles. The zero-order valence-corrected chi connectivity index (χ0v) is 18.0. The van der Waals surface area contributed by atoms with Crippen LogP contribution in [0.5, 0.6) is 0 Å². The molecule has 2 heterocycles. The molecule has 3 aromatic rings. The van der Waals surface area contributed by atoms with E-state index in [0.29, 0.717) is 5.95 Å².